The van der Waals surface area contributed by atoms with Gasteiger partial charge in [0.1, 0.15) is 12.4 Å². The zero-order valence-corrected chi connectivity index (χ0v) is 12.3. The normalized spacial score (nSPS) is 10.8. The molecule has 0 saturated heterocycles. The predicted molar refractivity (Wildman–Crippen MR) is 83.6 cm³/mol. The number of halogens is 1. The van der Waals surface area contributed by atoms with Crippen molar-refractivity contribution in [3.05, 3.63) is 70.3 Å². The molecule has 3 nitrogen and oxygen atoms in total. The molecule has 0 atom stereocenters. The molecule has 0 heterocycles. The molecule has 0 amide bonds. The van der Waals surface area contributed by atoms with Crippen LogP contribution in [0.1, 0.15) is 16.7 Å². The Morgan fingerprint density at radius 3 is 2.76 bits per heavy atom. The van der Waals surface area contributed by atoms with Crippen molar-refractivity contribution in [2.24, 2.45) is 0 Å². The lowest BCUT2D eigenvalue weighted by atomic mass is 10.1. The summed E-state index contributed by atoms with van der Waals surface area (Å²) in [6.07, 6.45) is 2.63. The number of carboxylic acid groups (broad SMARTS) is 1. The minimum absolute atomic E-state index is 0.374. The number of carboxylic acids is 1. The molecule has 0 aliphatic heterocycles. The molecule has 2 rings (SSSR count). The minimum Gasteiger partial charge on any atom is -0.488 e. The van der Waals surface area contributed by atoms with E-state index >= 15 is 0 Å². The summed E-state index contributed by atoms with van der Waals surface area (Å²) in [5.74, 6) is -0.313. The first-order valence-electron chi connectivity index (χ1n) is 6.44. The molecule has 0 unspecified atom stereocenters. The van der Waals surface area contributed by atoms with Crippen molar-refractivity contribution < 1.29 is 14.6 Å². The third kappa shape index (κ3) is 4.36. The van der Waals surface area contributed by atoms with Crippen LogP contribution in [-0.2, 0) is 11.4 Å². The summed E-state index contributed by atoms with van der Waals surface area (Å²) < 4.78 is 5.84. The number of aliphatic carboxylic acids is 1. The van der Waals surface area contributed by atoms with Gasteiger partial charge in [0.2, 0.25) is 0 Å². The second-order valence-electron chi connectivity index (χ2n) is 4.58. The second kappa shape index (κ2) is 6.95. The molecule has 2 aromatic carbocycles. The Labute approximate surface area is 128 Å². The largest absolute Gasteiger partial charge is 0.488 e. The average Bonchev–Trinajstić information content (AvgIpc) is 2.44. The molecule has 0 fully saturated rings. The smallest absolute Gasteiger partial charge is 0.328 e. The van der Waals surface area contributed by atoms with Crippen LogP contribution in [0.3, 0.4) is 0 Å². The summed E-state index contributed by atoms with van der Waals surface area (Å²) in [7, 11) is 0. The van der Waals surface area contributed by atoms with E-state index in [1.54, 1.807) is 6.07 Å². The number of ether oxygens (including phenoxy) is 1. The van der Waals surface area contributed by atoms with Crippen LogP contribution >= 0.6 is 11.6 Å². The molecule has 0 saturated carbocycles. The second-order valence-corrected chi connectivity index (χ2v) is 5.02. The Bertz CT molecular complexity index is 677. The fourth-order valence-electron chi connectivity index (χ4n) is 1.95. The highest BCUT2D eigenvalue weighted by Crippen LogP contribution is 2.26. The van der Waals surface area contributed by atoms with Crippen molar-refractivity contribution >= 4 is 23.6 Å². The highest BCUT2D eigenvalue weighted by molar-refractivity contribution is 6.30. The maximum Gasteiger partial charge on any atom is 0.328 e. The van der Waals surface area contributed by atoms with E-state index in [-0.39, 0.29) is 0 Å². The molecular weight excluding hydrogens is 288 g/mol. The maximum absolute atomic E-state index is 10.6. The highest BCUT2D eigenvalue weighted by atomic mass is 35.5. The Morgan fingerprint density at radius 2 is 2.05 bits per heavy atom. The molecule has 0 aromatic heterocycles. The first-order valence-corrected chi connectivity index (χ1v) is 6.82. The lowest BCUT2D eigenvalue weighted by Gasteiger charge is -2.12. The molecule has 21 heavy (non-hydrogen) atoms. The third-order valence-electron chi connectivity index (χ3n) is 2.92. The van der Waals surface area contributed by atoms with Crippen molar-refractivity contribution in [1.29, 1.82) is 0 Å². The van der Waals surface area contributed by atoms with Gasteiger partial charge in [-0.2, -0.15) is 0 Å². The summed E-state index contributed by atoms with van der Waals surface area (Å²) in [5, 5.41) is 9.39. The molecule has 0 spiro atoms. The maximum atomic E-state index is 10.6. The van der Waals surface area contributed by atoms with Gasteiger partial charge < -0.3 is 9.84 Å². The van der Waals surface area contributed by atoms with Crippen molar-refractivity contribution in [2.75, 3.05) is 0 Å². The van der Waals surface area contributed by atoms with Crippen LogP contribution in [0, 0.1) is 6.92 Å². The van der Waals surface area contributed by atoms with Gasteiger partial charge >= 0.3 is 5.97 Å². The van der Waals surface area contributed by atoms with Gasteiger partial charge in [0.05, 0.1) is 0 Å². The van der Waals surface area contributed by atoms with Crippen LogP contribution in [0.5, 0.6) is 5.75 Å². The SMILES string of the molecule is Cc1cccc(/C=C/C(=O)O)c1OCc1cccc(Cl)c1. The first-order chi connectivity index (χ1) is 10.1. The Kier molecular flexibility index (Phi) is 5.01. The molecular formula is C17H15ClO3. The van der Waals surface area contributed by atoms with Gasteiger partial charge in [-0.05, 0) is 36.3 Å². The summed E-state index contributed by atoms with van der Waals surface area (Å²) in [5.41, 5.74) is 2.64. The Hall–Kier alpha value is -2.26. The van der Waals surface area contributed by atoms with Crippen molar-refractivity contribution in [3.8, 4) is 5.75 Å². The molecule has 1 N–H and O–H groups in total. The quantitative estimate of drug-likeness (QED) is 0.836. The van der Waals surface area contributed by atoms with Gasteiger partial charge in [-0.3, -0.25) is 0 Å². The van der Waals surface area contributed by atoms with E-state index in [1.165, 1.54) is 6.08 Å². The zero-order chi connectivity index (χ0) is 15.2. The standard InChI is InChI=1S/C17H15ClO3/c1-12-4-2-6-14(8-9-16(19)20)17(12)21-11-13-5-3-7-15(18)10-13/h2-10H,11H2,1H3,(H,19,20)/b9-8+. The molecule has 2 aromatic rings. The van der Waals surface area contributed by atoms with E-state index in [2.05, 4.69) is 0 Å². The van der Waals surface area contributed by atoms with Gasteiger partial charge in [-0.25, -0.2) is 4.79 Å². The fourth-order valence-corrected chi connectivity index (χ4v) is 2.16. The molecule has 0 aliphatic rings. The molecule has 0 radical (unpaired) electrons. The van der Waals surface area contributed by atoms with E-state index in [0.29, 0.717) is 17.4 Å². The van der Waals surface area contributed by atoms with Crippen molar-refractivity contribution in [2.45, 2.75) is 13.5 Å². The summed E-state index contributed by atoms with van der Waals surface area (Å²) >= 11 is 5.94. The summed E-state index contributed by atoms with van der Waals surface area (Å²) in [6.45, 7) is 2.30. The molecule has 108 valence electrons. The Balaban J connectivity index is 2.20. The van der Waals surface area contributed by atoms with Crippen LogP contribution in [0.2, 0.25) is 5.02 Å². The number of aryl methyl sites for hydroxylation is 1. The molecule has 4 heteroatoms. The van der Waals surface area contributed by atoms with Gasteiger partial charge in [-0.1, -0.05) is 41.9 Å². The van der Waals surface area contributed by atoms with Crippen LogP contribution in [0.25, 0.3) is 6.08 Å². The van der Waals surface area contributed by atoms with Gasteiger partial charge in [0.15, 0.2) is 0 Å². The van der Waals surface area contributed by atoms with Crippen molar-refractivity contribution in [1.82, 2.24) is 0 Å². The van der Waals surface area contributed by atoms with E-state index in [4.69, 9.17) is 21.4 Å². The number of hydrogen-bond donors (Lipinski definition) is 1. The fraction of sp³-hybridized carbons (Fsp3) is 0.118. The zero-order valence-electron chi connectivity index (χ0n) is 11.5. The molecule has 0 aliphatic carbocycles. The monoisotopic (exact) mass is 302 g/mol. The third-order valence-corrected chi connectivity index (χ3v) is 3.16. The average molecular weight is 303 g/mol. The van der Waals surface area contributed by atoms with E-state index in [9.17, 15) is 4.79 Å². The summed E-state index contributed by atoms with van der Waals surface area (Å²) in [4.78, 5) is 10.6. The van der Waals surface area contributed by atoms with Crippen LogP contribution < -0.4 is 4.74 Å². The van der Waals surface area contributed by atoms with Gasteiger partial charge in [0, 0.05) is 16.7 Å². The lowest BCUT2D eigenvalue weighted by Crippen LogP contribution is -1.99. The minimum atomic E-state index is -0.989. The lowest BCUT2D eigenvalue weighted by molar-refractivity contribution is -0.131. The number of carbonyl (C=O) groups is 1. The number of rotatable bonds is 5. The van der Waals surface area contributed by atoms with E-state index in [1.807, 2.05) is 43.3 Å². The first kappa shape index (κ1) is 15.1. The number of para-hydroxylation sites is 1. The van der Waals surface area contributed by atoms with Crippen LogP contribution in [-0.4, -0.2) is 11.1 Å². The number of benzene rings is 2. The van der Waals surface area contributed by atoms with Gasteiger partial charge in [0.25, 0.3) is 0 Å². The van der Waals surface area contributed by atoms with E-state index < -0.39 is 5.97 Å². The topological polar surface area (TPSA) is 46.5 Å². The Morgan fingerprint density at radius 1 is 1.29 bits per heavy atom. The molecule has 0 bridgehead atoms. The van der Waals surface area contributed by atoms with E-state index in [0.717, 1.165) is 22.8 Å². The number of hydrogen-bond acceptors (Lipinski definition) is 2. The predicted octanol–water partition coefficient (Wildman–Crippen LogP) is 4.33. The van der Waals surface area contributed by atoms with Crippen LogP contribution in [0.15, 0.2) is 48.5 Å². The van der Waals surface area contributed by atoms with Gasteiger partial charge in [-0.15, -0.1) is 0 Å². The van der Waals surface area contributed by atoms with Crippen LogP contribution in [0.4, 0.5) is 0 Å². The summed E-state index contributed by atoms with van der Waals surface area (Å²) in [6, 6.07) is 13.0. The highest BCUT2D eigenvalue weighted by Gasteiger charge is 2.06. The van der Waals surface area contributed by atoms with Crippen molar-refractivity contribution in [3.63, 3.8) is 0 Å².